The van der Waals surface area contributed by atoms with Gasteiger partial charge in [-0.05, 0) is 36.1 Å². The third kappa shape index (κ3) is 3.32. The Hall–Kier alpha value is -1.08. The van der Waals surface area contributed by atoms with Gasteiger partial charge in [-0.3, -0.25) is 10.1 Å². The predicted octanol–water partition coefficient (Wildman–Crippen LogP) is 2.91. The van der Waals surface area contributed by atoms with Gasteiger partial charge in [0, 0.05) is 10.9 Å². The number of carboxylic acid groups (broad SMARTS) is 1. The van der Waals surface area contributed by atoms with Gasteiger partial charge in [0.15, 0.2) is 0 Å². The topological polar surface area (TPSA) is 49.3 Å². The van der Waals surface area contributed by atoms with Crippen molar-refractivity contribution in [3.05, 3.63) is 33.8 Å². The van der Waals surface area contributed by atoms with Gasteiger partial charge in [0.05, 0.1) is 6.54 Å². The van der Waals surface area contributed by atoms with Crippen molar-refractivity contribution in [3.63, 3.8) is 0 Å². The summed E-state index contributed by atoms with van der Waals surface area (Å²) >= 11 is 3.32. The Morgan fingerprint density at radius 3 is 2.70 bits per heavy atom. The van der Waals surface area contributed by atoms with Gasteiger partial charge in [-0.1, -0.05) is 22.0 Å². The maximum Gasteiger partial charge on any atom is 0.401 e. The zero-order chi connectivity index (χ0) is 15.0. The Morgan fingerprint density at radius 1 is 1.40 bits per heavy atom. The molecule has 0 spiro atoms. The molecule has 2 N–H and O–H groups in total. The first-order chi connectivity index (χ1) is 9.22. The second-order valence-corrected chi connectivity index (χ2v) is 5.86. The van der Waals surface area contributed by atoms with Crippen molar-refractivity contribution in [2.24, 2.45) is 0 Å². The first kappa shape index (κ1) is 15.3. The molecule has 0 saturated heterocycles. The second kappa shape index (κ2) is 5.37. The van der Waals surface area contributed by atoms with E-state index in [1.165, 1.54) is 0 Å². The van der Waals surface area contributed by atoms with Crippen LogP contribution in [0.3, 0.4) is 0 Å². The van der Waals surface area contributed by atoms with Crippen LogP contribution in [-0.2, 0) is 17.6 Å². The second-order valence-electron chi connectivity index (χ2n) is 4.95. The Kier molecular flexibility index (Phi) is 4.11. The zero-order valence-corrected chi connectivity index (χ0v) is 12.0. The van der Waals surface area contributed by atoms with Crippen molar-refractivity contribution >= 4 is 21.9 Å². The smallest absolute Gasteiger partial charge is 0.401 e. The molecular formula is C13H13BrF3NO2. The van der Waals surface area contributed by atoms with Gasteiger partial charge in [-0.15, -0.1) is 0 Å². The van der Waals surface area contributed by atoms with Gasteiger partial charge < -0.3 is 5.11 Å². The Bertz CT molecular complexity index is 533. The molecule has 1 aromatic carbocycles. The van der Waals surface area contributed by atoms with Crippen LogP contribution >= 0.6 is 15.9 Å². The van der Waals surface area contributed by atoms with E-state index in [2.05, 4.69) is 21.2 Å². The van der Waals surface area contributed by atoms with E-state index in [9.17, 15) is 23.1 Å². The lowest BCUT2D eigenvalue weighted by atomic mass is 9.78. The zero-order valence-electron chi connectivity index (χ0n) is 10.4. The number of nitrogens with one attached hydrogen (secondary N) is 1. The summed E-state index contributed by atoms with van der Waals surface area (Å²) in [7, 11) is 0. The molecule has 0 fully saturated rings. The van der Waals surface area contributed by atoms with E-state index >= 15 is 0 Å². The Balaban J connectivity index is 2.24. The standard InChI is InChI=1S/C13H13BrF3NO2/c14-10-2-1-9-6-12(11(19)20,4-3-8(9)5-10)18-7-13(15,16)17/h1-2,5,18H,3-4,6-7H2,(H,19,20). The predicted molar refractivity (Wildman–Crippen MR) is 70.6 cm³/mol. The fourth-order valence-corrected chi connectivity index (χ4v) is 2.85. The lowest BCUT2D eigenvalue weighted by molar-refractivity contribution is -0.151. The van der Waals surface area contributed by atoms with Crippen LogP contribution in [0.25, 0.3) is 0 Å². The summed E-state index contributed by atoms with van der Waals surface area (Å²) in [5, 5.41) is 11.5. The fourth-order valence-electron chi connectivity index (χ4n) is 2.44. The van der Waals surface area contributed by atoms with Crippen LogP contribution in [0.2, 0.25) is 0 Å². The molecule has 0 saturated carbocycles. The van der Waals surface area contributed by atoms with Crippen LogP contribution < -0.4 is 5.32 Å². The van der Waals surface area contributed by atoms with Crippen molar-refractivity contribution < 1.29 is 23.1 Å². The quantitative estimate of drug-likeness (QED) is 0.880. The number of hydrogen-bond acceptors (Lipinski definition) is 2. The highest BCUT2D eigenvalue weighted by Crippen LogP contribution is 2.31. The summed E-state index contributed by atoms with van der Waals surface area (Å²) in [5.41, 5.74) is 0.206. The molecule has 7 heteroatoms. The van der Waals surface area contributed by atoms with Gasteiger partial charge in [0.25, 0.3) is 0 Å². The molecule has 0 heterocycles. The lowest BCUT2D eigenvalue weighted by Gasteiger charge is -2.35. The lowest BCUT2D eigenvalue weighted by Crippen LogP contribution is -2.57. The first-order valence-corrected chi connectivity index (χ1v) is 6.84. The first-order valence-electron chi connectivity index (χ1n) is 6.04. The number of hydrogen-bond donors (Lipinski definition) is 2. The third-order valence-corrected chi connectivity index (χ3v) is 4.01. The highest BCUT2D eigenvalue weighted by molar-refractivity contribution is 9.10. The number of rotatable bonds is 3. The van der Waals surface area contributed by atoms with Gasteiger partial charge in [-0.2, -0.15) is 13.2 Å². The van der Waals surface area contributed by atoms with E-state index in [-0.39, 0.29) is 12.8 Å². The van der Waals surface area contributed by atoms with Crippen molar-refractivity contribution in [2.75, 3.05) is 6.54 Å². The van der Waals surface area contributed by atoms with Gasteiger partial charge >= 0.3 is 12.1 Å². The number of fused-ring (bicyclic) bond motifs is 1. The molecule has 3 nitrogen and oxygen atoms in total. The fraction of sp³-hybridized carbons (Fsp3) is 0.462. The number of halogens is 4. The Morgan fingerprint density at radius 2 is 2.10 bits per heavy atom. The van der Waals surface area contributed by atoms with E-state index in [0.29, 0.717) is 6.42 Å². The molecule has 1 aromatic rings. The summed E-state index contributed by atoms with van der Waals surface area (Å²) in [6.45, 7) is -1.30. The summed E-state index contributed by atoms with van der Waals surface area (Å²) < 4.78 is 37.9. The summed E-state index contributed by atoms with van der Waals surface area (Å²) in [4.78, 5) is 11.4. The number of aliphatic carboxylic acids is 1. The van der Waals surface area contributed by atoms with Crippen LogP contribution in [0.15, 0.2) is 22.7 Å². The summed E-state index contributed by atoms with van der Waals surface area (Å²) in [6.07, 6.45) is -3.79. The normalized spacial score (nSPS) is 22.4. The maximum absolute atomic E-state index is 12.3. The van der Waals surface area contributed by atoms with Crippen LogP contribution in [-0.4, -0.2) is 29.3 Å². The summed E-state index contributed by atoms with van der Waals surface area (Å²) in [6, 6.07) is 5.40. The number of carboxylic acids is 1. The van der Waals surface area contributed by atoms with Crippen molar-refractivity contribution in [2.45, 2.75) is 31.0 Å². The molecular weight excluding hydrogens is 339 g/mol. The molecule has 0 radical (unpaired) electrons. The SMILES string of the molecule is O=C(O)C1(NCC(F)(F)F)CCc2cc(Br)ccc2C1. The van der Waals surface area contributed by atoms with E-state index in [4.69, 9.17) is 0 Å². The molecule has 1 aliphatic carbocycles. The molecule has 0 aliphatic heterocycles. The van der Waals surface area contributed by atoms with Gasteiger partial charge in [-0.25, -0.2) is 0 Å². The highest BCUT2D eigenvalue weighted by Gasteiger charge is 2.43. The van der Waals surface area contributed by atoms with Crippen LogP contribution in [0.5, 0.6) is 0 Å². The minimum Gasteiger partial charge on any atom is -0.480 e. The minimum atomic E-state index is -4.43. The largest absolute Gasteiger partial charge is 0.480 e. The number of aryl methyl sites for hydroxylation is 1. The average Bonchev–Trinajstić information content (AvgIpc) is 2.35. The summed E-state index contributed by atoms with van der Waals surface area (Å²) in [5.74, 6) is -1.24. The maximum atomic E-state index is 12.3. The number of alkyl halides is 3. The molecule has 1 aliphatic rings. The van der Waals surface area contributed by atoms with E-state index in [1.807, 2.05) is 6.07 Å². The van der Waals surface area contributed by atoms with Crippen LogP contribution in [0.4, 0.5) is 13.2 Å². The molecule has 0 aromatic heterocycles. The molecule has 2 rings (SSSR count). The Labute approximate surface area is 122 Å². The van der Waals surface area contributed by atoms with Gasteiger partial charge in [0.2, 0.25) is 0 Å². The van der Waals surface area contributed by atoms with Crippen molar-refractivity contribution in [3.8, 4) is 0 Å². The number of carbonyl (C=O) groups is 1. The number of benzene rings is 1. The third-order valence-electron chi connectivity index (χ3n) is 3.52. The molecule has 110 valence electrons. The molecule has 1 atom stereocenters. The molecule has 0 bridgehead atoms. The van der Waals surface area contributed by atoms with E-state index in [1.54, 1.807) is 12.1 Å². The van der Waals surface area contributed by atoms with Crippen LogP contribution in [0.1, 0.15) is 17.5 Å². The van der Waals surface area contributed by atoms with Crippen LogP contribution in [0, 0.1) is 0 Å². The van der Waals surface area contributed by atoms with E-state index in [0.717, 1.165) is 15.6 Å². The van der Waals surface area contributed by atoms with Crippen molar-refractivity contribution in [1.29, 1.82) is 0 Å². The highest BCUT2D eigenvalue weighted by atomic mass is 79.9. The molecule has 0 amide bonds. The average molecular weight is 352 g/mol. The molecule has 1 unspecified atom stereocenters. The van der Waals surface area contributed by atoms with Gasteiger partial charge in [0.1, 0.15) is 5.54 Å². The minimum absolute atomic E-state index is 0.0566. The molecule has 20 heavy (non-hydrogen) atoms. The van der Waals surface area contributed by atoms with Crippen molar-refractivity contribution in [1.82, 2.24) is 5.32 Å². The monoisotopic (exact) mass is 351 g/mol. The van der Waals surface area contributed by atoms with E-state index < -0.39 is 24.2 Å².